The van der Waals surface area contributed by atoms with Crippen molar-refractivity contribution >= 4 is 39.4 Å². The molecule has 0 bridgehead atoms. The van der Waals surface area contributed by atoms with Crippen molar-refractivity contribution in [2.24, 2.45) is 0 Å². The number of thiazole rings is 1. The highest BCUT2D eigenvalue weighted by Crippen LogP contribution is 2.40. The van der Waals surface area contributed by atoms with Crippen LogP contribution >= 0.6 is 11.3 Å². The molecule has 0 aliphatic heterocycles. The Kier molecular flexibility index (Phi) is 4.39. The molecular weight excluding hydrogens is 368 g/mol. The number of nitrogens with zero attached hydrogens (tertiary/aromatic N) is 3. The highest BCUT2D eigenvalue weighted by atomic mass is 32.1. The summed E-state index contributed by atoms with van der Waals surface area (Å²) in [4.78, 5) is 34.0. The molecular formula is C18H18N4O4S. The van der Waals surface area contributed by atoms with E-state index in [2.05, 4.69) is 20.4 Å². The van der Waals surface area contributed by atoms with Gasteiger partial charge in [0.1, 0.15) is 4.88 Å². The summed E-state index contributed by atoms with van der Waals surface area (Å²) >= 11 is 1.09. The van der Waals surface area contributed by atoms with E-state index in [9.17, 15) is 9.59 Å². The Bertz CT molecular complexity index is 1050. The molecule has 1 saturated carbocycles. The molecule has 0 radical (unpaired) electrons. The van der Waals surface area contributed by atoms with Crippen LogP contribution in [-0.4, -0.2) is 33.6 Å². The van der Waals surface area contributed by atoms with Gasteiger partial charge < -0.3 is 9.26 Å². The van der Waals surface area contributed by atoms with E-state index in [0.29, 0.717) is 44.0 Å². The van der Waals surface area contributed by atoms with Crippen molar-refractivity contribution in [3.05, 3.63) is 33.6 Å². The average Bonchev–Trinajstić information content (AvgIpc) is 3.33. The van der Waals surface area contributed by atoms with E-state index in [-0.39, 0.29) is 12.5 Å². The quantitative estimate of drug-likeness (QED) is 0.668. The van der Waals surface area contributed by atoms with Crippen molar-refractivity contribution in [2.75, 3.05) is 11.9 Å². The van der Waals surface area contributed by atoms with Gasteiger partial charge in [0.15, 0.2) is 5.13 Å². The van der Waals surface area contributed by atoms with E-state index in [1.165, 1.54) is 0 Å². The first-order chi connectivity index (χ1) is 13.0. The number of aromatic nitrogens is 3. The fourth-order valence-corrected chi connectivity index (χ4v) is 3.74. The Hall–Kier alpha value is -2.81. The highest BCUT2D eigenvalue weighted by Gasteiger charge is 2.29. The molecule has 27 heavy (non-hydrogen) atoms. The summed E-state index contributed by atoms with van der Waals surface area (Å²) < 4.78 is 10.3. The van der Waals surface area contributed by atoms with E-state index in [4.69, 9.17) is 9.26 Å². The molecule has 0 aromatic carbocycles. The van der Waals surface area contributed by atoms with Crippen LogP contribution in [0, 0.1) is 13.8 Å². The number of rotatable bonds is 5. The maximum atomic E-state index is 12.9. The van der Waals surface area contributed by atoms with Gasteiger partial charge in [-0.2, -0.15) is 0 Å². The van der Waals surface area contributed by atoms with Crippen LogP contribution in [0.3, 0.4) is 0 Å². The van der Waals surface area contributed by atoms with Crippen molar-refractivity contribution in [3.8, 4) is 0 Å². The third-order valence-corrected chi connectivity index (χ3v) is 5.41. The maximum absolute atomic E-state index is 12.9. The Labute approximate surface area is 158 Å². The van der Waals surface area contributed by atoms with Gasteiger partial charge in [-0.1, -0.05) is 16.5 Å². The number of esters is 1. The summed E-state index contributed by atoms with van der Waals surface area (Å²) in [6, 6.07) is 1.80. The fourth-order valence-electron chi connectivity index (χ4n) is 2.88. The number of hydrogen-bond donors (Lipinski definition) is 1. The summed E-state index contributed by atoms with van der Waals surface area (Å²) in [5.41, 5.74) is 2.78. The minimum Gasteiger partial charge on any atom is -0.462 e. The molecule has 140 valence electrons. The third kappa shape index (κ3) is 3.30. The van der Waals surface area contributed by atoms with Gasteiger partial charge in [0.25, 0.3) is 11.6 Å². The number of nitrogens with one attached hydrogen (secondary N) is 1. The SMILES string of the molecule is CCOC(=O)c1sc(NC(=O)c2cc(C3CC3)nc3onc(C)c23)nc1C. The van der Waals surface area contributed by atoms with E-state index in [1.54, 1.807) is 26.8 Å². The van der Waals surface area contributed by atoms with Gasteiger partial charge in [-0.15, -0.1) is 0 Å². The second-order valence-corrected chi connectivity index (χ2v) is 7.42. The molecule has 0 unspecified atom stereocenters. The lowest BCUT2D eigenvalue weighted by Crippen LogP contribution is -2.13. The standard InChI is InChI=1S/C18H18N4O4S/c1-4-25-17(24)14-9(3)19-18(27-14)21-15(23)11-7-12(10-5-6-10)20-16-13(11)8(2)22-26-16/h7,10H,4-6H2,1-3H3,(H,19,21,23). The largest absolute Gasteiger partial charge is 0.462 e. The van der Waals surface area contributed by atoms with Gasteiger partial charge in [0, 0.05) is 11.6 Å². The number of carbonyl (C=O) groups excluding carboxylic acids is 2. The third-order valence-electron chi connectivity index (χ3n) is 4.36. The molecule has 1 aliphatic rings. The second-order valence-electron chi connectivity index (χ2n) is 6.43. The van der Waals surface area contributed by atoms with Crippen molar-refractivity contribution in [2.45, 2.75) is 39.5 Å². The highest BCUT2D eigenvalue weighted by molar-refractivity contribution is 7.17. The maximum Gasteiger partial charge on any atom is 0.350 e. The van der Waals surface area contributed by atoms with Gasteiger partial charge in [0.05, 0.1) is 28.9 Å². The smallest absolute Gasteiger partial charge is 0.350 e. The predicted molar refractivity (Wildman–Crippen MR) is 99.3 cm³/mol. The summed E-state index contributed by atoms with van der Waals surface area (Å²) in [5, 5.41) is 7.65. The molecule has 3 aromatic rings. The molecule has 1 N–H and O–H groups in total. The summed E-state index contributed by atoms with van der Waals surface area (Å²) in [7, 11) is 0. The number of fused-ring (bicyclic) bond motifs is 1. The van der Waals surface area contributed by atoms with Gasteiger partial charge in [0.2, 0.25) is 0 Å². The molecule has 0 spiro atoms. The first-order valence-electron chi connectivity index (χ1n) is 8.70. The molecule has 1 amide bonds. The number of aryl methyl sites for hydroxylation is 2. The number of carbonyl (C=O) groups is 2. The van der Waals surface area contributed by atoms with Gasteiger partial charge in [-0.25, -0.2) is 14.8 Å². The summed E-state index contributed by atoms with van der Waals surface area (Å²) in [5.74, 6) is -0.408. The molecule has 1 aliphatic carbocycles. The summed E-state index contributed by atoms with van der Waals surface area (Å²) in [6.07, 6.45) is 2.11. The van der Waals surface area contributed by atoms with Crippen molar-refractivity contribution in [3.63, 3.8) is 0 Å². The number of pyridine rings is 1. The van der Waals surface area contributed by atoms with Crippen LogP contribution in [0.5, 0.6) is 0 Å². The van der Waals surface area contributed by atoms with Gasteiger partial charge in [-0.05, 0) is 39.7 Å². The Balaban J connectivity index is 1.66. The van der Waals surface area contributed by atoms with E-state index >= 15 is 0 Å². The Morgan fingerprint density at radius 2 is 2.07 bits per heavy atom. The molecule has 1 fully saturated rings. The minimum absolute atomic E-state index is 0.281. The number of amides is 1. The van der Waals surface area contributed by atoms with Crippen LogP contribution in [0.1, 0.15) is 62.8 Å². The van der Waals surface area contributed by atoms with Gasteiger partial charge >= 0.3 is 5.97 Å². The molecule has 8 nitrogen and oxygen atoms in total. The molecule has 3 aromatic heterocycles. The van der Waals surface area contributed by atoms with Crippen LogP contribution in [0.2, 0.25) is 0 Å². The normalized spacial score (nSPS) is 13.7. The molecule has 0 atom stereocenters. The monoisotopic (exact) mass is 386 g/mol. The first-order valence-corrected chi connectivity index (χ1v) is 9.52. The summed E-state index contributed by atoms with van der Waals surface area (Å²) in [6.45, 7) is 5.50. The van der Waals surface area contributed by atoms with Gasteiger partial charge in [-0.3, -0.25) is 10.1 Å². The minimum atomic E-state index is -0.440. The zero-order chi connectivity index (χ0) is 19.1. The number of anilines is 1. The lowest BCUT2D eigenvalue weighted by molar-refractivity contribution is 0.0531. The van der Waals surface area contributed by atoms with Crippen LogP contribution in [0.4, 0.5) is 5.13 Å². The molecule has 4 rings (SSSR count). The first kappa shape index (κ1) is 17.6. The zero-order valence-electron chi connectivity index (χ0n) is 15.2. The lowest BCUT2D eigenvalue weighted by Gasteiger charge is -2.05. The number of hydrogen-bond acceptors (Lipinski definition) is 8. The Morgan fingerprint density at radius 1 is 1.30 bits per heavy atom. The Morgan fingerprint density at radius 3 is 2.78 bits per heavy atom. The van der Waals surface area contributed by atoms with E-state index in [1.807, 2.05) is 0 Å². The van der Waals surface area contributed by atoms with Crippen LogP contribution < -0.4 is 5.32 Å². The van der Waals surface area contributed by atoms with Crippen LogP contribution in [-0.2, 0) is 4.74 Å². The van der Waals surface area contributed by atoms with E-state index in [0.717, 1.165) is 29.9 Å². The van der Waals surface area contributed by atoms with Crippen LogP contribution in [0.15, 0.2) is 10.6 Å². The van der Waals surface area contributed by atoms with E-state index < -0.39 is 5.97 Å². The lowest BCUT2D eigenvalue weighted by atomic mass is 10.1. The van der Waals surface area contributed by atoms with Crippen molar-refractivity contribution in [1.82, 2.24) is 15.1 Å². The zero-order valence-corrected chi connectivity index (χ0v) is 16.0. The molecule has 3 heterocycles. The van der Waals surface area contributed by atoms with Crippen molar-refractivity contribution < 1.29 is 18.8 Å². The number of ether oxygens (including phenoxy) is 1. The predicted octanol–water partition coefficient (Wildman–Crippen LogP) is 3.60. The molecule has 0 saturated heterocycles. The molecule has 9 heteroatoms. The second kappa shape index (κ2) is 6.73. The fraction of sp³-hybridized carbons (Fsp3) is 0.389. The average molecular weight is 386 g/mol. The van der Waals surface area contributed by atoms with Crippen molar-refractivity contribution in [1.29, 1.82) is 0 Å². The van der Waals surface area contributed by atoms with Crippen LogP contribution in [0.25, 0.3) is 11.1 Å². The topological polar surface area (TPSA) is 107 Å².